The van der Waals surface area contributed by atoms with Crippen molar-refractivity contribution in [3.63, 3.8) is 0 Å². The van der Waals surface area contributed by atoms with E-state index in [4.69, 9.17) is 10.5 Å². The van der Waals surface area contributed by atoms with Crippen LogP contribution in [0.3, 0.4) is 0 Å². The van der Waals surface area contributed by atoms with Gasteiger partial charge < -0.3 is 10.5 Å². The maximum absolute atomic E-state index is 11.7. The lowest BCUT2D eigenvalue weighted by atomic mass is 10.1. The zero-order chi connectivity index (χ0) is 12.5. The van der Waals surface area contributed by atoms with Crippen LogP contribution in [0.5, 0.6) is 0 Å². The van der Waals surface area contributed by atoms with Gasteiger partial charge in [0, 0.05) is 17.6 Å². The van der Waals surface area contributed by atoms with Crippen LogP contribution in [-0.4, -0.2) is 29.7 Å². The molecule has 1 aliphatic rings. The van der Waals surface area contributed by atoms with Gasteiger partial charge in [0.25, 0.3) is 0 Å². The average Bonchev–Trinajstić information content (AvgIpc) is 2.55. The second-order valence-electron chi connectivity index (χ2n) is 4.51. The Morgan fingerprint density at radius 1 is 1.59 bits per heavy atom. The highest BCUT2D eigenvalue weighted by Crippen LogP contribution is 2.23. The molecular formula is C12H15BrN2O2. The highest BCUT2D eigenvalue weighted by Gasteiger charge is 2.40. The monoisotopic (exact) mass is 298 g/mol. The molecule has 17 heavy (non-hydrogen) atoms. The van der Waals surface area contributed by atoms with Gasteiger partial charge in [-0.15, -0.1) is 0 Å². The van der Waals surface area contributed by atoms with Crippen LogP contribution in [-0.2, 0) is 11.3 Å². The first-order valence-corrected chi connectivity index (χ1v) is 6.24. The van der Waals surface area contributed by atoms with Crippen LogP contribution in [0, 0.1) is 0 Å². The minimum absolute atomic E-state index is 0.294. The van der Waals surface area contributed by atoms with E-state index in [0.29, 0.717) is 19.6 Å². The topological polar surface area (TPSA) is 55.6 Å². The van der Waals surface area contributed by atoms with E-state index < -0.39 is 5.60 Å². The summed E-state index contributed by atoms with van der Waals surface area (Å²) in [7, 11) is 0. The Labute approximate surface area is 109 Å². The largest absolute Gasteiger partial charge is 0.440 e. The smallest absolute Gasteiger partial charge is 0.410 e. The molecule has 1 aliphatic heterocycles. The molecule has 5 heteroatoms. The number of benzene rings is 1. The van der Waals surface area contributed by atoms with E-state index in [9.17, 15) is 4.79 Å². The van der Waals surface area contributed by atoms with Gasteiger partial charge in [-0.05, 0) is 24.6 Å². The highest BCUT2D eigenvalue weighted by molar-refractivity contribution is 9.10. The van der Waals surface area contributed by atoms with Crippen molar-refractivity contribution in [1.82, 2.24) is 4.90 Å². The number of nitrogens with two attached hydrogens (primary N) is 1. The molecule has 4 nitrogen and oxygen atoms in total. The van der Waals surface area contributed by atoms with Crippen LogP contribution in [0.4, 0.5) is 4.79 Å². The van der Waals surface area contributed by atoms with Gasteiger partial charge in [0.15, 0.2) is 0 Å². The van der Waals surface area contributed by atoms with Gasteiger partial charge in [0.2, 0.25) is 0 Å². The predicted octanol–water partition coefficient (Wildman–Crippen LogP) is 2.12. The summed E-state index contributed by atoms with van der Waals surface area (Å²) in [6.45, 7) is 3.28. The van der Waals surface area contributed by atoms with Crippen LogP contribution in [0.1, 0.15) is 12.5 Å². The standard InChI is InChI=1S/C12H15BrN2O2/c1-12(7-14)8-15(11(16)17-12)6-9-3-2-4-10(13)5-9/h2-5H,6-8,14H2,1H3. The minimum Gasteiger partial charge on any atom is -0.440 e. The Bertz CT molecular complexity index is 438. The third-order valence-electron chi connectivity index (χ3n) is 2.81. The molecule has 0 spiro atoms. The molecule has 0 saturated carbocycles. The maximum Gasteiger partial charge on any atom is 0.410 e. The minimum atomic E-state index is -0.552. The second kappa shape index (κ2) is 4.66. The summed E-state index contributed by atoms with van der Waals surface area (Å²) in [5.74, 6) is 0. The van der Waals surface area contributed by atoms with Crippen LogP contribution in [0.2, 0.25) is 0 Å². The number of hydrogen-bond acceptors (Lipinski definition) is 3. The summed E-state index contributed by atoms with van der Waals surface area (Å²) in [6, 6.07) is 7.88. The van der Waals surface area contributed by atoms with E-state index in [1.54, 1.807) is 4.90 Å². The Balaban J connectivity index is 2.08. The molecule has 1 amide bonds. The fourth-order valence-electron chi connectivity index (χ4n) is 1.86. The number of cyclic esters (lactones) is 1. The van der Waals surface area contributed by atoms with Crippen LogP contribution >= 0.6 is 15.9 Å². The quantitative estimate of drug-likeness (QED) is 0.930. The molecule has 1 saturated heterocycles. The van der Waals surface area contributed by atoms with E-state index in [2.05, 4.69) is 15.9 Å². The SMILES string of the molecule is CC1(CN)CN(Cc2cccc(Br)c2)C(=O)O1. The van der Waals surface area contributed by atoms with E-state index in [0.717, 1.165) is 10.0 Å². The first-order valence-electron chi connectivity index (χ1n) is 5.45. The summed E-state index contributed by atoms with van der Waals surface area (Å²) in [6.07, 6.45) is -0.294. The second-order valence-corrected chi connectivity index (χ2v) is 5.42. The summed E-state index contributed by atoms with van der Waals surface area (Å²) in [5, 5.41) is 0. The zero-order valence-electron chi connectivity index (χ0n) is 9.65. The van der Waals surface area contributed by atoms with Gasteiger partial charge in [-0.2, -0.15) is 0 Å². The number of ether oxygens (including phenoxy) is 1. The highest BCUT2D eigenvalue weighted by atomic mass is 79.9. The van der Waals surface area contributed by atoms with Gasteiger partial charge in [0.1, 0.15) is 5.60 Å². The van der Waals surface area contributed by atoms with E-state index >= 15 is 0 Å². The van der Waals surface area contributed by atoms with Crippen molar-refractivity contribution in [1.29, 1.82) is 0 Å². The Morgan fingerprint density at radius 3 is 2.94 bits per heavy atom. The Kier molecular flexibility index (Phi) is 3.40. The van der Waals surface area contributed by atoms with Crippen LogP contribution in [0.15, 0.2) is 28.7 Å². The first kappa shape index (κ1) is 12.4. The molecule has 0 aliphatic carbocycles. The molecular weight excluding hydrogens is 284 g/mol. The van der Waals surface area contributed by atoms with Gasteiger partial charge >= 0.3 is 6.09 Å². The number of carbonyl (C=O) groups excluding carboxylic acids is 1. The molecule has 1 heterocycles. The molecule has 1 aromatic carbocycles. The Hall–Kier alpha value is -1.07. The fraction of sp³-hybridized carbons (Fsp3) is 0.417. The number of nitrogens with zero attached hydrogens (tertiary/aromatic N) is 1. The molecule has 1 unspecified atom stereocenters. The van der Waals surface area contributed by atoms with Crippen molar-refractivity contribution in [3.8, 4) is 0 Å². The number of carbonyl (C=O) groups is 1. The summed E-state index contributed by atoms with van der Waals surface area (Å²) in [4.78, 5) is 13.3. The van der Waals surface area contributed by atoms with Gasteiger partial charge in [-0.1, -0.05) is 28.1 Å². The summed E-state index contributed by atoms with van der Waals surface area (Å²) < 4.78 is 6.27. The van der Waals surface area contributed by atoms with Crippen molar-refractivity contribution >= 4 is 22.0 Å². The van der Waals surface area contributed by atoms with Crippen molar-refractivity contribution in [2.75, 3.05) is 13.1 Å². The molecule has 92 valence electrons. The normalized spacial score (nSPS) is 23.9. The lowest BCUT2D eigenvalue weighted by Gasteiger charge is -2.19. The van der Waals surface area contributed by atoms with E-state index in [1.165, 1.54) is 0 Å². The molecule has 0 bridgehead atoms. The number of halogens is 1. The van der Waals surface area contributed by atoms with Crippen molar-refractivity contribution in [3.05, 3.63) is 34.3 Å². The molecule has 2 N–H and O–H groups in total. The van der Waals surface area contributed by atoms with Crippen LogP contribution in [0.25, 0.3) is 0 Å². The van der Waals surface area contributed by atoms with Crippen molar-refractivity contribution in [2.45, 2.75) is 19.1 Å². The van der Waals surface area contributed by atoms with Crippen molar-refractivity contribution in [2.24, 2.45) is 5.73 Å². The van der Waals surface area contributed by atoms with Gasteiger partial charge in [-0.3, -0.25) is 4.90 Å². The first-order chi connectivity index (χ1) is 8.02. The molecule has 0 radical (unpaired) electrons. The molecule has 2 rings (SSSR count). The van der Waals surface area contributed by atoms with E-state index in [-0.39, 0.29) is 6.09 Å². The molecule has 0 aromatic heterocycles. The number of hydrogen-bond donors (Lipinski definition) is 1. The zero-order valence-corrected chi connectivity index (χ0v) is 11.2. The maximum atomic E-state index is 11.7. The van der Waals surface area contributed by atoms with E-state index in [1.807, 2.05) is 31.2 Å². The van der Waals surface area contributed by atoms with Gasteiger partial charge in [-0.25, -0.2) is 4.79 Å². The molecule has 1 atom stereocenters. The molecule has 1 aromatic rings. The number of amides is 1. The van der Waals surface area contributed by atoms with Gasteiger partial charge in [0.05, 0.1) is 6.54 Å². The third kappa shape index (κ3) is 2.79. The lowest BCUT2D eigenvalue weighted by Crippen LogP contribution is -2.38. The predicted molar refractivity (Wildman–Crippen MR) is 68.5 cm³/mol. The third-order valence-corrected chi connectivity index (χ3v) is 3.30. The number of rotatable bonds is 3. The molecule has 1 fully saturated rings. The van der Waals surface area contributed by atoms with Crippen LogP contribution < -0.4 is 5.73 Å². The van der Waals surface area contributed by atoms with Crippen molar-refractivity contribution < 1.29 is 9.53 Å². The average molecular weight is 299 g/mol. The summed E-state index contributed by atoms with van der Waals surface area (Å²) in [5.41, 5.74) is 6.11. The summed E-state index contributed by atoms with van der Waals surface area (Å²) >= 11 is 3.41. The Morgan fingerprint density at radius 2 is 2.35 bits per heavy atom. The lowest BCUT2D eigenvalue weighted by molar-refractivity contribution is 0.0781. The fourth-order valence-corrected chi connectivity index (χ4v) is 2.30.